The molecule has 68 valence electrons. The van der Waals surface area contributed by atoms with E-state index in [0.717, 1.165) is 11.4 Å². The largest absolute Gasteiger partial charge is 0.330 e. The Morgan fingerprint density at radius 2 is 2.00 bits per heavy atom. The summed E-state index contributed by atoms with van der Waals surface area (Å²) in [7, 11) is 0. The quantitative estimate of drug-likeness (QED) is 0.696. The zero-order valence-electron chi connectivity index (χ0n) is 8.23. The van der Waals surface area contributed by atoms with Crippen molar-refractivity contribution in [3.8, 4) is 0 Å². The Morgan fingerprint density at radius 3 is 2.33 bits per heavy atom. The molecule has 0 fully saturated rings. The van der Waals surface area contributed by atoms with Crippen LogP contribution in [0.3, 0.4) is 0 Å². The maximum absolute atomic E-state index is 5.66. The molecule has 0 spiro atoms. The lowest BCUT2D eigenvalue weighted by Crippen LogP contribution is -2.29. The lowest BCUT2D eigenvalue weighted by atomic mass is 9.87. The fourth-order valence-corrected chi connectivity index (χ4v) is 1.24. The van der Waals surface area contributed by atoms with Gasteiger partial charge in [0.2, 0.25) is 0 Å². The van der Waals surface area contributed by atoms with Gasteiger partial charge in [0.25, 0.3) is 0 Å². The molecular weight excluding hydrogens is 150 g/mol. The number of aromatic amines is 1. The highest BCUT2D eigenvalue weighted by molar-refractivity contribution is 5.28. The summed E-state index contributed by atoms with van der Waals surface area (Å²) in [6.07, 6.45) is 0. The predicted molar refractivity (Wildman–Crippen MR) is 50.1 cm³/mol. The van der Waals surface area contributed by atoms with Crippen LogP contribution >= 0.6 is 0 Å². The summed E-state index contributed by atoms with van der Waals surface area (Å²) in [6.45, 7) is 8.94. The molecule has 3 heteroatoms. The average Bonchev–Trinajstić information content (AvgIpc) is 2.33. The molecule has 0 saturated heterocycles. The van der Waals surface area contributed by atoms with Crippen LogP contribution in [0.5, 0.6) is 0 Å². The molecule has 0 aromatic carbocycles. The fourth-order valence-electron chi connectivity index (χ4n) is 1.24. The summed E-state index contributed by atoms with van der Waals surface area (Å²) in [6, 6.07) is 0. The third kappa shape index (κ3) is 1.37. The molecule has 0 atom stereocenters. The van der Waals surface area contributed by atoms with Gasteiger partial charge in [-0.05, 0) is 19.4 Å². The molecule has 12 heavy (non-hydrogen) atoms. The average molecular weight is 167 g/mol. The van der Waals surface area contributed by atoms with E-state index in [1.54, 1.807) is 0 Å². The van der Waals surface area contributed by atoms with E-state index in [4.69, 9.17) is 5.73 Å². The van der Waals surface area contributed by atoms with Crippen molar-refractivity contribution < 1.29 is 0 Å². The number of nitrogens with two attached hydrogens (primary N) is 1. The molecular formula is C9H17N3. The van der Waals surface area contributed by atoms with Gasteiger partial charge >= 0.3 is 0 Å². The van der Waals surface area contributed by atoms with Crippen LogP contribution in [-0.2, 0) is 5.41 Å². The van der Waals surface area contributed by atoms with Gasteiger partial charge in [-0.2, -0.15) is 5.10 Å². The molecule has 0 unspecified atom stereocenters. The highest BCUT2D eigenvalue weighted by Gasteiger charge is 2.24. The molecule has 3 N–H and O–H groups in total. The molecule has 0 aliphatic rings. The van der Waals surface area contributed by atoms with Crippen LogP contribution in [0.1, 0.15) is 30.8 Å². The van der Waals surface area contributed by atoms with E-state index in [9.17, 15) is 0 Å². The molecule has 1 rings (SSSR count). The fraction of sp³-hybridized carbons (Fsp3) is 0.667. The summed E-state index contributed by atoms with van der Waals surface area (Å²) in [5, 5.41) is 7.22. The number of aryl methyl sites for hydroxylation is 1. The van der Waals surface area contributed by atoms with Crippen LogP contribution in [0.25, 0.3) is 0 Å². The van der Waals surface area contributed by atoms with Gasteiger partial charge in [0.05, 0.1) is 5.69 Å². The van der Waals surface area contributed by atoms with Crippen molar-refractivity contribution in [3.05, 3.63) is 17.0 Å². The predicted octanol–water partition coefficient (Wildman–Crippen LogP) is 1.26. The van der Waals surface area contributed by atoms with E-state index in [-0.39, 0.29) is 5.41 Å². The monoisotopic (exact) mass is 167 g/mol. The smallest absolute Gasteiger partial charge is 0.0722 e. The Labute approximate surface area is 73.4 Å². The number of aromatic nitrogens is 2. The van der Waals surface area contributed by atoms with Gasteiger partial charge in [-0.25, -0.2) is 0 Å². The Hall–Kier alpha value is -0.830. The number of rotatable bonds is 2. The van der Waals surface area contributed by atoms with Crippen molar-refractivity contribution in [2.75, 3.05) is 6.54 Å². The summed E-state index contributed by atoms with van der Waals surface area (Å²) < 4.78 is 0. The van der Waals surface area contributed by atoms with Crippen molar-refractivity contribution in [2.45, 2.75) is 33.1 Å². The third-order valence-electron chi connectivity index (χ3n) is 2.40. The zero-order chi connectivity index (χ0) is 9.35. The first-order valence-electron chi connectivity index (χ1n) is 4.21. The number of nitrogens with zero attached hydrogens (tertiary/aromatic N) is 1. The first-order chi connectivity index (χ1) is 5.49. The van der Waals surface area contributed by atoms with Crippen molar-refractivity contribution >= 4 is 0 Å². The van der Waals surface area contributed by atoms with E-state index in [1.807, 2.05) is 6.92 Å². The normalized spacial score (nSPS) is 12.1. The highest BCUT2D eigenvalue weighted by Crippen LogP contribution is 2.23. The van der Waals surface area contributed by atoms with Crippen LogP contribution in [0.15, 0.2) is 0 Å². The van der Waals surface area contributed by atoms with Gasteiger partial charge in [0, 0.05) is 17.7 Å². The van der Waals surface area contributed by atoms with E-state index in [0.29, 0.717) is 6.54 Å². The van der Waals surface area contributed by atoms with Crippen molar-refractivity contribution in [1.29, 1.82) is 0 Å². The van der Waals surface area contributed by atoms with Gasteiger partial charge < -0.3 is 5.73 Å². The lowest BCUT2D eigenvalue weighted by Gasteiger charge is -2.20. The first-order valence-corrected chi connectivity index (χ1v) is 4.21. The molecule has 0 amide bonds. The Kier molecular flexibility index (Phi) is 2.24. The van der Waals surface area contributed by atoms with Gasteiger partial charge in [-0.15, -0.1) is 0 Å². The van der Waals surface area contributed by atoms with Gasteiger partial charge in [0.15, 0.2) is 0 Å². The zero-order valence-corrected chi connectivity index (χ0v) is 8.23. The Bertz CT molecular complexity index is 273. The summed E-state index contributed by atoms with van der Waals surface area (Å²) in [5.74, 6) is 0. The molecule has 0 radical (unpaired) electrons. The van der Waals surface area contributed by atoms with Crippen LogP contribution in [0, 0.1) is 13.8 Å². The number of H-pyrrole nitrogens is 1. The molecule has 3 nitrogen and oxygen atoms in total. The topological polar surface area (TPSA) is 54.7 Å². The van der Waals surface area contributed by atoms with Gasteiger partial charge in [0.1, 0.15) is 0 Å². The second-order valence-electron chi connectivity index (χ2n) is 3.91. The molecule has 1 aromatic rings. The van der Waals surface area contributed by atoms with Gasteiger partial charge in [-0.3, -0.25) is 5.10 Å². The SMILES string of the molecule is Cc1[nH]nc(C(C)(C)CN)c1C. The second-order valence-corrected chi connectivity index (χ2v) is 3.91. The van der Waals surface area contributed by atoms with Crippen molar-refractivity contribution in [2.24, 2.45) is 5.73 Å². The second kappa shape index (κ2) is 2.90. The molecule has 0 aliphatic heterocycles. The van der Waals surface area contributed by atoms with Crippen LogP contribution in [0.4, 0.5) is 0 Å². The van der Waals surface area contributed by atoms with Crippen LogP contribution in [0.2, 0.25) is 0 Å². The van der Waals surface area contributed by atoms with E-state index in [2.05, 4.69) is 31.0 Å². The third-order valence-corrected chi connectivity index (χ3v) is 2.40. The van der Waals surface area contributed by atoms with Crippen molar-refractivity contribution in [1.82, 2.24) is 10.2 Å². The minimum atomic E-state index is -0.0190. The lowest BCUT2D eigenvalue weighted by molar-refractivity contribution is 0.517. The Balaban J connectivity index is 3.11. The van der Waals surface area contributed by atoms with Gasteiger partial charge in [-0.1, -0.05) is 13.8 Å². The first kappa shape index (κ1) is 9.26. The molecule has 0 bridgehead atoms. The minimum Gasteiger partial charge on any atom is -0.330 e. The standard InChI is InChI=1S/C9H17N3/c1-6-7(2)11-12-8(6)9(3,4)5-10/h5,10H2,1-4H3,(H,11,12). The maximum atomic E-state index is 5.66. The molecule has 0 aliphatic carbocycles. The minimum absolute atomic E-state index is 0.0190. The molecule has 0 saturated carbocycles. The van der Waals surface area contributed by atoms with Crippen LogP contribution in [-0.4, -0.2) is 16.7 Å². The summed E-state index contributed by atoms with van der Waals surface area (Å²) in [4.78, 5) is 0. The van der Waals surface area contributed by atoms with Crippen molar-refractivity contribution in [3.63, 3.8) is 0 Å². The highest BCUT2D eigenvalue weighted by atomic mass is 15.1. The van der Waals surface area contributed by atoms with E-state index >= 15 is 0 Å². The molecule has 1 aromatic heterocycles. The van der Waals surface area contributed by atoms with E-state index < -0.39 is 0 Å². The number of hydrogen-bond acceptors (Lipinski definition) is 2. The molecule has 1 heterocycles. The Morgan fingerprint density at radius 1 is 1.42 bits per heavy atom. The van der Waals surface area contributed by atoms with Crippen LogP contribution < -0.4 is 5.73 Å². The number of nitrogens with one attached hydrogen (secondary N) is 1. The summed E-state index contributed by atoms with van der Waals surface area (Å²) in [5.41, 5.74) is 9.09. The number of hydrogen-bond donors (Lipinski definition) is 2. The summed E-state index contributed by atoms with van der Waals surface area (Å²) >= 11 is 0. The maximum Gasteiger partial charge on any atom is 0.0722 e. The van der Waals surface area contributed by atoms with E-state index in [1.165, 1.54) is 5.56 Å².